The number of hydrogen-bond donors (Lipinski definition) is 2. The predicted molar refractivity (Wildman–Crippen MR) is 77.9 cm³/mol. The summed E-state index contributed by atoms with van der Waals surface area (Å²) in [7, 11) is 0. The topological polar surface area (TPSA) is 79.3 Å². The average molecular weight is 288 g/mol. The van der Waals surface area contributed by atoms with Crippen LogP contribution >= 0.6 is 11.3 Å². The number of anilines is 1. The van der Waals surface area contributed by atoms with Gasteiger partial charge in [-0.2, -0.15) is 0 Å². The molecule has 2 rings (SSSR count). The molecule has 0 radical (unpaired) electrons. The van der Waals surface area contributed by atoms with Gasteiger partial charge in [0.25, 0.3) is 5.91 Å². The van der Waals surface area contributed by atoms with Crippen molar-refractivity contribution in [3.8, 4) is 0 Å². The molecule has 0 aliphatic carbocycles. The van der Waals surface area contributed by atoms with Crippen molar-refractivity contribution < 1.29 is 14.7 Å². The van der Waals surface area contributed by atoms with E-state index in [0.29, 0.717) is 16.1 Å². The molecule has 0 atom stereocenters. The van der Waals surface area contributed by atoms with Gasteiger partial charge in [-0.25, -0.2) is 4.79 Å². The zero-order valence-corrected chi connectivity index (χ0v) is 11.5. The Morgan fingerprint density at radius 2 is 2.25 bits per heavy atom. The Morgan fingerprint density at radius 3 is 2.95 bits per heavy atom. The molecule has 2 aromatic rings. The number of aliphatic carboxylic acids is 1. The molecule has 0 aliphatic heterocycles. The maximum atomic E-state index is 12.1. The number of nitrogens with one attached hydrogen (secondary N) is 1. The number of aromatic nitrogens is 1. The minimum Gasteiger partial charge on any atom is -0.478 e. The number of pyridine rings is 1. The van der Waals surface area contributed by atoms with Crippen LogP contribution in [0, 0.1) is 6.92 Å². The normalized spacial score (nSPS) is 10.7. The largest absolute Gasteiger partial charge is 0.478 e. The van der Waals surface area contributed by atoms with Gasteiger partial charge in [-0.1, -0.05) is 0 Å². The van der Waals surface area contributed by atoms with Gasteiger partial charge in [-0.15, -0.1) is 11.3 Å². The van der Waals surface area contributed by atoms with E-state index in [-0.39, 0.29) is 5.91 Å². The highest BCUT2D eigenvalue weighted by atomic mass is 32.1. The molecule has 20 heavy (non-hydrogen) atoms. The van der Waals surface area contributed by atoms with Crippen molar-refractivity contribution in [1.82, 2.24) is 4.98 Å². The van der Waals surface area contributed by atoms with Crippen LogP contribution in [0.2, 0.25) is 0 Å². The van der Waals surface area contributed by atoms with Crippen LogP contribution in [0.25, 0.3) is 6.08 Å². The van der Waals surface area contributed by atoms with Gasteiger partial charge in [0, 0.05) is 34.4 Å². The summed E-state index contributed by atoms with van der Waals surface area (Å²) in [4.78, 5) is 27.1. The fourth-order valence-electron chi connectivity index (χ4n) is 1.52. The first-order valence-corrected chi connectivity index (χ1v) is 6.66. The molecule has 0 spiro atoms. The summed E-state index contributed by atoms with van der Waals surface area (Å²) < 4.78 is 0. The first-order chi connectivity index (χ1) is 9.56. The highest BCUT2D eigenvalue weighted by molar-refractivity contribution is 7.11. The van der Waals surface area contributed by atoms with Gasteiger partial charge in [-0.05, 0) is 30.7 Å². The highest BCUT2D eigenvalue weighted by Gasteiger charge is 2.09. The molecule has 0 unspecified atom stereocenters. The zero-order chi connectivity index (χ0) is 14.5. The van der Waals surface area contributed by atoms with E-state index >= 15 is 0 Å². The van der Waals surface area contributed by atoms with Gasteiger partial charge >= 0.3 is 5.97 Å². The first kappa shape index (κ1) is 14.0. The maximum Gasteiger partial charge on any atom is 0.328 e. The van der Waals surface area contributed by atoms with Crippen LogP contribution in [-0.2, 0) is 4.79 Å². The van der Waals surface area contributed by atoms with E-state index in [4.69, 9.17) is 5.11 Å². The number of carbonyl (C=O) groups is 2. The van der Waals surface area contributed by atoms with Crippen LogP contribution in [0.4, 0.5) is 5.69 Å². The fourth-order valence-corrected chi connectivity index (χ4v) is 2.30. The van der Waals surface area contributed by atoms with Crippen molar-refractivity contribution in [3.63, 3.8) is 0 Å². The van der Waals surface area contributed by atoms with Crippen LogP contribution in [0.5, 0.6) is 0 Å². The Kier molecular flexibility index (Phi) is 4.27. The summed E-state index contributed by atoms with van der Waals surface area (Å²) in [5.74, 6) is -1.25. The number of hydrogen-bond acceptors (Lipinski definition) is 4. The lowest BCUT2D eigenvalue weighted by Gasteiger charge is -2.05. The molecule has 0 fully saturated rings. The lowest BCUT2D eigenvalue weighted by Crippen LogP contribution is -2.11. The molecule has 102 valence electrons. The van der Waals surface area contributed by atoms with E-state index in [1.54, 1.807) is 29.9 Å². The molecule has 0 aliphatic rings. The Bertz CT molecular complexity index is 677. The molecule has 0 saturated heterocycles. The summed E-state index contributed by atoms with van der Waals surface area (Å²) in [6, 6.07) is 3.38. The van der Waals surface area contributed by atoms with Crippen molar-refractivity contribution in [3.05, 3.63) is 52.0 Å². The molecule has 0 saturated carbocycles. The minimum absolute atomic E-state index is 0.231. The SMILES string of the molecule is Cc1cnccc1NC(=O)c1csc(C=CC(=O)O)c1. The summed E-state index contributed by atoms with van der Waals surface area (Å²) in [5.41, 5.74) is 2.08. The van der Waals surface area contributed by atoms with Crippen molar-refractivity contribution in [2.45, 2.75) is 6.92 Å². The van der Waals surface area contributed by atoms with Crippen LogP contribution < -0.4 is 5.32 Å². The summed E-state index contributed by atoms with van der Waals surface area (Å²) >= 11 is 1.31. The van der Waals surface area contributed by atoms with Crippen molar-refractivity contribution >= 4 is 35.0 Å². The molecular weight excluding hydrogens is 276 g/mol. The Morgan fingerprint density at radius 1 is 1.45 bits per heavy atom. The van der Waals surface area contributed by atoms with Crippen molar-refractivity contribution in [2.75, 3.05) is 5.32 Å². The molecule has 2 aromatic heterocycles. The van der Waals surface area contributed by atoms with E-state index in [1.165, 1.54) is 17.4 Å². The zero-order valence-electron chi connectivity index (χ0n) is 10.7. The van der Waals surface area contributed by atoms with Gasteiger partial charge in [0.05, 0.1) is 5.56 Å². The standard InChI is InChI=1S/C14H12N2O3S/c1-9-7-15-5-4-12(9)16-14(19)10-6-11(20-8-10)2-3-13(17)18/h2-8H,1H3,(H,17,18)(H,15,16,19). The molecular formula is C14H12N2O3S. The molecule has 1 amide bonds. The number of rotatable bonds is 4. The summed E-state index contributed by atoms with van der Waals surface area (Å²) in [5, 5.41) is 13.0. The number of carbonyl (C=O) groups excluding carboxylic acids is 1. The van der Waals surface area contributed by atoms with Crippen molar-refractivity contribution in [2.24, 2.45) is 0 Å². The fraction of sp³-hybridized carbons (Fsp3) is 0.0714. The smallest absolute Gasteiger partial charge is 0.328 e. The van der Waals surface area contributed by atoms with Crippen LogP contribution in [0.3, 0.4) is 0 Å². The second kappa shape index (κ2) is 6.12. The second-order valence-electron chi connectivity index (χ2n) is 4.05. The number of thiophene rings is 1. The van der Waals surface area contributed by atoms with Gasteiger partial charge in [0.1, 0.15) is 0 Å². The third-order valence-corrected chi connectivity index (χ3v) is 3.44. The number of nitrogens with zero attached hydrogens (tertiary/aromatic N) is 1. The third kappa shape index (κ3) is 3.52. The average Bonchev–Trinajstić information content (AvgIpc) is 2.88. The van der Waals surface area contributed by atoms with Crippen LogP contribution in [0.15, 0.2) is 36.0 Å². The lowest BCUT2D eigenvalue weighted by atomic mass is 10.2. The Hall–Kier alpha value is -2.47. The Balaban J connectivity index is 2.10. The maximum absolute atomic E-state index is 12.1. The lowest BCUT2D eigenvalue weighted by molar-refractivity contribution is -0.131. The monoisotopic (exact) mass is 288 g/mol. The third-order valence-electron chi connectivity index (χ3n) is 2.54. The number of carboxylic acid groups (broad SMARTS) is 1. The first-order valence-electron chi connectivity index (χ1n) is 5.78. The quantitative estimate of drug-likeness (QED) is 0.848. The number of aryl methyl sites for hydroxylation is 1. The predicted octanol–water partition coefficient (Wildman–Crippen LogP) is 2.80. The van der Waals surface area contributed by atoms with Gasteiger partial charge in [-0.3, -0.25) is 9.78 Å². The second-order valence-corrected chi connectivity index (χ2v) is 5.00. The molecule has 6 heteroatoms. The highest BCUT2D eigenvalue weighted by Crippen LogP contribution is 2.19. The summed E-state index contributed by atoms with van der Waals surface area (Å²) in [6.45, 7) is 1.86. The number of amides is 1. The molecule has 0 bridgehead atoms. The van der Waals surface area contributed by atoms with Gasteiger partial charge in [0.15, 0.2) is 0 Å². The van der Waals surface area contributed by atoms with Gasteiger partial charge in [0.2, 0.25) is 0 Å². The van der Waals surface area contributed by atoms with E-state index in [9.17, 15) is 9.59 Å². The van der Waals surface area contributed by atoms with E-state index < -0.39 is 5.97 Å². The van der Waals surface area contributed by atoms with Crippen molar-refractivity contribution in [1.29, 1.82) is 0 Å². The van der Waals surface area contributed by atoms with E-state index in [0.717, 1.165) is 11.6 Å². The molecule has 0 aromatic carbocycles. The number of carboxylic acids is 1. The molecule has 2 heterocycles. The summed E-state index contributed by atoms with van der Waals surface area (Å²) in [6.07, 6.45) is 5.78. The van der Waals surface area contributed by atoms with Crippen LogP contribution in [-0.4, -0.2) is 22.0 Å². The molecule has 2 N–H and O–H groups in total. The molecule has 5 nitrogen and oxygen atoms in total. The van der Waals surface area contributed by atoms with Gasteiger partial charge < -0.3 is 10.4 Å². The van der Waals surface area contributed by atoms with E-state index in [1.807, 2.05) is 6.92 Å². The van der Waals surface area contributed by atoms with Crippen LogP contribution in [0.1, 0.15) is 20.8 Å². The minimum atomic E-state index is -1.02. The van der Waals surface area contributed by atoms with E-state index in [2.05, 4.69) is 10.3 Å². The Labute approximate surface area is 119 Å².